The van der Waals surface area contributed by atoms with Gasteiger partial charge < -0.3 is 9.94 Å². The van der Waals surface area contributed by atoms with Gasteiger partial charge in [0.2, 0.25) is 0 Å². The molecule has 0 atom stereocenters. The second kappa shape index (κ2) is 6.05. The van der Waals surface area contributed by atoms with E-state index in [4.69, 9.17) is 9.94 Å². The molecule has 1 aromatic rings. The number of alkyl halides is 2. The molecule has 88 valence electrons. The third kappa shape index (κ3) is 3.49. The molecule has 3 nitrogen and oxygen atoms in total. The smallest absolute Gasteiger partial charge is 0.272 e. The molecular formula is C11H13F2NO2. The lowest BCUT2D eigenvalue weighted by Crippen LogP contribution is -2.07. The van der Waals surface area contributed by atoms with Gasteiger partial charge in [-0.05, 0) is 36.2 Å². The van der Waals surface area contributed by atoms with Crippen LogP contribution in [0.5, 0.6) is 5.75 Å². The van der Waals surface area contributed by atoms with Gasteiger partial charge >= 0.3 is 0 Å². The maximum Gasteiger partial charge on any atom is 0.272 e. The number of rotatable bonds is 5. The molecule has 0 heterocycles. The van der Waals surface area contributed by atoms with Crippen LogP contribution in [0.3, 0.4) is 0 Å². The number of nitrogens with zero attached hydrogens (tertiary/aromatic N) is 1. The number of hydrogen-bond acceptors (Lipinski definition) is 3. The average molecular weight is 229 g/mol. The van der Waals surface area contributed by atoms with Gasteiger partial charge in [0.1, 0.15) is 12.4 Å². The molecule has 1 aromatic carbocycles. The summed E-state index contributed by atoms with van der Waals surface area (Å²) in [5.74, 6) is 0.373. The van der Waals surface area contributed by atoms with E-state index in [9.17, 15) is 8.78 Å². The number of halogens is 2. The van der Waals surface area contributed by atoms with E-state index in [-0.39, 0.29) is 0 Å². The van der Waals surface area contributed by atoms with E-state index in [1.165, 1.54) is 0 Å². The highest BCUT2D eigenvalue weighted by molar-refractivity contribution is 6.00. The number of benzene rings is 1. The van der Waals surface area contributed by atoms with Crippen LogP contribution in [0, 0.1) is 0 Å². The summed E-state index contributed by atoms with van der Waals surface area (Å²) in [5.41, 5.74) is 1.29. The Kier molecular flexibility index (Phi) is 4.69. The zero-order valence-corrected chi connectivity index (χ0v) is 8.86. The van der Waals surface area contributed by atoms with Crippen LogP contribution in [-0.4, -0.2) is 24.0 Å². The zero-order valence-electron chi connectivity index (χ0n) is 8.86. The van der Waals surface area contributed by atoms with Gasteiger partial charge in [0.25, 0.3) is 6.43 Å². The summed E-state index contributed by atoms with van der Waals surface area (Å²) in [6.45, 7) is 1.24. The first-order chi connectivity index (χ1) is 7.67. The zero-order chi connectivity index (χ0) is 12.0. The fourth-order valence-electron chi connectivity index (χ4n) is 1.24. The van der Waals surface area contributed by atoms with Crippen LogP contribution in [0.25, 0.3) is 0 Å². The molecule has 0 aliphatic heterocycles. The predicted octanol–water partition coefficient (Wildman–Crippen LogP) is 2.92. The van der Waals surface area contributed by atoms with Crippen LogP contribution in [0.4, 0.5) is 8.78 Å². The molecule has 0 saturated heterocycles. The first-order valence-electron chi connectivity index (χ1n) is 4.89. The lowest BCUT2D eigenvalue weighted by Gasteiger charge is -2.06. The summed E-state index contributed by atoms with van der Waals surface area (Å²) in [5, 5.41) is 11.8. The average Bonchev–Trinajstić information content (AvgIpc) is 2.29. The van der Waals surface area contributed by atoms with E-state index in [0.717, 1.165) is 5.56 Å². The molecule has 1 rings (SSSR count). The molecule has 1 N–H and O–H groups in total. The van der Waals surface area contributed by atoms with Crippen molar-refractivity contribution < 1.29 is 18.7 Å². The fourth-order valence-corrected chi connectivity index (χ4v) is 1.24. The Bertz CT molecular complexity index is 350. The topological polar surface area (TPSA) is 41.8 Å². The van der Waals surface area contributed by atoms with E-state index >= 15 is 0 Å². The molecule has 0 aromatic heterocycles. The summed E-state index contributed by atoms with van der Waals surface area (Å²) in [7, 11) is 0. The Morgan fingerprint density at radius 2 is 2.00 bits per heavy atom. The molecule has 0 spiro atoms. The van der Waals surface area contributed by atoms with Gasteiger partial charge in [-0.15, -0.1) is 0 Å². The van der Waals surface area contributed by atoms with Crippen LogP contribution in [0.15, 0.2) is 29.4 Å². The maximum absolute atomic E-state index is 11.9. The summed E-state index contributed by atoms with van der Waals surface area (Å²) >= 11 is 0. The highest BCUT2D eigenvalue weighted by atomic mass is 19.3. The highest BCUT2D eigenvalue weighted by Crippen LogP contribution is 2.14. The number of ether oxygens (including phenoxy) is 1. The SMILES string of the molecule is CCC(=NO)c1ccc(OCC(F)F)cc1. The van der Waals surface area contributed by atoms with E-state index < -0.39 is 13.0 Å². The van der Waals surface area contributed by atoms with Gasteiger partial charge in [0.15, 0.2) is 0 Å². The summed E-state index contributed by atoms with van der Waals surface area (Å²) in [6, 6.07) is 6.47. The van der Waals surface area contributed by atoms with Crippen molar-refractivity contribution in [2.75, 3.05) is 6.61 Å². The van der Waals surface area contributed by atoms with Crippen molar-refractivity contribution in [3.63, 3.8) is 0 Å². The molecular weight excluding hydrogens is 216 g/mol. The van der Waals surface area contributed by atoms with Gasteiger partial charge in [0.05, 0.1) is 5.71 Å². The van der Waals surface area contributed by atoms with Crippen molar-refractivity contribution in [2.24, 2.45) is 5.16 Å². The molecule has 0 fully saturated rings. The molecule has 0 aliphatic rings. The molecule has 0 radical (unpaired) electrons. The quantitative estimate of drug-likeness (QED) is 0.479. The van der Waals surface area contributed by atoms with Crippen molar-refractivity contribution >= 4 is 5.71 Å². The minimum Gasteiger partial charge on any atom is -0.488 e. The summed E-state index contributed by atoms with van der Waals surface area (Å²) in [4.78, 5) is 0. The van der Waals surface area contributed by atoms with Gasteiger partial charge in [-0.25, -0.2) is 8.78 Å². The second-order valence-electron chi connectivity index (χ2n) is 3.13. The van der Waals surface area contributed by atoms with Gasteiger partial charge in [0, 0.05) is 0 Å². The Hall–Kier alpha value is -1.65. The third-order valence-electron chi connectivity index (χ3n) is 2.02. The third-order valence-corrected chi connectivity index (χ3v) is 2.02. The van der Waals surface area contributed by atoms with Gasteiger partial charge in [-0.2, -0.15) is 0 Å². The first kappa shape index (κ1) is 12.4. The van der Waals surface area contributed by atoms with Crippen LogP contribution < -0.4 is 4.74 Å². The van der Waals surface area contributed by atoms with Gasteiger partial charge in [-0.3, -0.25) is 0 Å². The van der Waals surface area contributed by atoms with Gasteiger partial charge in [-0.1, -0.05) is 12.1 Å². The number of hydrogen-bond donors (Lipinski definition) is 1. The standard InChI is InChI=1S/C11H13F2NO2/c1-2-10(14-15)8-3-5-9(6-4-8)16-7-11(12)13/h3-6,11,15H,2,7H2,1H3. The fraction of sp³-hybridized carbons (Fsp3) is 0.364. The Morgan fingerprint density at radius 3 is 2.44 bits per heavy atom. The van der Waals surface area contributed by atoms with E-state index in [1.54, 1.807) is 24.3 Å². The molecule has 0 bridgehead atoms. The molecule has 0 amide bonds. The van der Waals surface area contributed by atoms with Crippen molar-refractivity contribution in [1.82, 2.24) is 0 Å². The minimum absolute atomic E-state index is 0.373. The van der Waals surface area contributed by atoms with Crippen LogP contribution >= 0.6 is 0 Å². The van der Waals surface area contributed by atoms with Crippen molar-refractivity contribution in [3.05, 3.63) is 29.8 Å². The van der Waals surface area contributed by atoms with Crippen molar-refractivity contribution in [2.45, 2.75) is 19.8 Å². The second-order valence-corrected chi connectivity index (χ2v) is 3.13. The first-order valence-corrected chi connectivity index (χ1v) is 4.89. The summed E-state index contributed by atoms with van der Waals surface area (Å²) in [6.07, 6.45) is -1.89. The van der Waals surface area contributed by atoms with E-state index in [2.05, 4.69) is 5.16 Å². The maximum atomic E-state index is 11.9. The van der Waals surface area contributed by atoms with Crippen LogP contribution in [0.2, 0.25) is 0 Å². The molecule has 0 saturated carbocycles. The Balaban J connectivity index is 2.67. The van der Waals surface area contributed by atoms with Crippen molar-refractivity contribution in [3.8, 4) is 5.75 Å². The molecule has 5 heteroatoms. The Labute approximate surface area is 92.3 Å². The monoisotopic (exact) mass is 229 g/mol. The predicted molar refractivity (Wildman–Crippen MR) is 56.6 cm³/mol. The highest BCUT2D eigenvalue weighted by Gasteiger charge is 2.05. The summed E-state index contributed by atoms with van der Waals surface area (Å²) < 4.78 is 28.5. The van der Waals surface area contributed by atoms with Crippen LogP contribution in [-0.2, 0) is 0 Å². The Morgan fingerprint density at radius 1 is 1.38 bits per heavy atom. The van der Waals surface area contributed by atoms with Crippen LogP contribution in [0.1, 0.15) is 18.9 Å². The normalized spacial score (nSPS) is 11.9. The largest absolute Gasteiger partial charge is 0.488 e. The minimum atomic E-state index is -2.48. The van der Waals surface area contributed by atoms with E-state index in [1.807, 2.05) is 6.92 Å². The lowest BCUT2D eigenvalue weighted by molar-refractivity contribution is 0.0819. The van der Waals surface area contributed by atoms with E-state index in [0.29, 0.717) is 17.9 Å². The number of oxime groups is 1. The molecule has 16 heavy (non-hydrogen) atoms. The molecule has 0 unspecified atom stereocenters. The van der Waals surface area contributed by atoms with Crippen molar-refractivity contribution in [1.29, 1.82) is 0 Å². The lowest BCUT2D eigenvalue weighted by atomic mass is 10.1. The molecule has 0 aliphatic carbocycles.